The van der Waals surface area contributed by atoms with Crippen molar-refractivity contribution in [3.05, 3.63) is 46.5 Å². The molecule has 0 atom stereocenters. The lowest BCUT2D eigenvalue weighted by Gasteiger charge is -2.15. The number of aryl methyl sites for hydroxylation is 1. The van der Waals surface area contributed by atoms with Crippen LogP contribution in [0.2, 0.25) is 5.15 Å². The Morgan fingerprint density at radius 2 is 1.88 bits per heavy atom. The Balaban J connectivity index is 1.65. The van der Waals surface area contributed by atoms with Crippen molar-refractivity contribution < 1.29 is 14.0 Å². The predicted octanol–water partition coefficient (Wildman–Crippen LogP) is 2.72. The number of nitrogens with one attached hydrogen (secondary N) is 1. The van der Waals surface area contributed by atoms with Crippen LogP contribution in [0.1, 0.15) is 35.3 Å². The Labute approximate surface area is 155 Å². The van der Waals surface area contributed by atoms with Crippen molar-refractivity contribution in [3.8, 4) is 5.69 Å². The Kier molecular flexibility index (Phi) is 5.56. The summed E-state index contributed by atoms with van der Waals surface area (Å²) in [4.78, 5) is 26.3. The number of rotatable bonds is 5. The first-order chi connectivity index (χ1) is 12.5. The zero-order valence-corrected chi connectivity index (χ0v) is 15.2. The van der Waals surface area contributed by atoms with Crippen LogP contribution in [0.15, 0.2) is 24.3 Å². The van der Waals surface area contributed by atoms with Crippen LogP contribution in [-0.2, 0) is 4.79 Å². The average molecular weight is 379 g/mol. The number of carbonyl (C=O) groups is 2. The summed E-state index contributed by atoms with van der Waals surface area (Å²) in [5, 5.41) is 7.14. The van der Waals surface area contributed by atoms with E-state index in [0.29, 0.717) is 11.4 Å². The first-order valence-corrected chi connectivity index (χ1v) is 8.92. The first kappa shape index (κ1) is 18.4. The number of likely N-dealkylation sites (tertiary alicyclic amines) is 1. The molecule has 26 heavy (non-hydrogen) atoms. The molecule has 1 N–H and O–H groups in total. The van der Waals surface area contributed by atoms with Crippen LogP contribution in [0.5, 0.6) is 0 Å². The molecule has 1 aliphatic rings. The second-order valence-electron chi connectivity index (χ2n) is 6.23. The molecule has 0 saturated carbocycles. The zero-order valence-electron chi connectivity index (χ0n) is 14.5. The highest BCUT2D eigenvalue weighted by molar-refractivity contribution is 6.33. The molecule has 0 spiro atoms. The number of hydrogen-bond acceptors (Lipinski definition) is 3. The van der Waals surface area contributed by atoms with Crippen LogP contribution in [0.25, 0.3) is 5.69 Å². The monoisotopic (exact) mass is 378 g/mol. The summed E-state index contributed by atoms with van der Waals surface area (Å²) in [6, 6.07) is 5.66. The van der Waals surface area contributed by atoms with E-state index < -0.39 is 0 Å². The molecule has 1 aliphatic heterocycles. The van der Waals surface area contributed by atoms with Gasteiger partial charge in [0.1, 0.15) is 11.0 Å². The average Bonchev–Trinajstić information content (AvgIpc) is 3.24. The van der Waals surface area contributed by atoms with Gasteiger partial charge in [-0.2, -0.15) is 5.10 Å². The molecule has 1 aromatic heterocycles. The van der Waals surface area contributed by atoms with Gasteiger partial charge in [-0.3, -0.25) is 9.59 Å². The quantitative estimate of drug-likeness (QED) is 0.869. The first-order valence-electron chi connectivity index (χ1n) is 8.54. The maximum atomic E-state index is 13.1. The maximum Gasteiger partial charge on any atom is 0.256 e. The Hall–Kier alpha value is -2.41. The number of nitrogens with zero attached hydrogens (tertiary/aromatic N) is 3. The number of hydrogen-bond donors (Lipinski definition) is 1. The van der Waals surface area contributed by atoms with Crippen molar-refractivity contribution in [2.24, 2.45) is 0 Å². The van der Waals surface area contributed by atoms with Gasteiger partial charge in [0.05, 0.1) is 16.9 Å². The Morgan fingerprint density at radius 1 is 1.23 bits per heavy atom. The summed E-state index contributed by atoms with van der Waals surface area (Å²) < 4.78 is 14.5. The van der Waals surface area contributed by atoms with E-state index in [4.69, 9.17) is 11.6 Å². The van der Waals surface area contributed by atoms with E-state index in [0.717, 1.165) is 25.9 Å². The van der Waals surface area contributed by atoms with E-state index in [1.165, 1.54) is 28.9 Å². The largest absolute Gasteiger partial charge is 0.351 e. The van der Waals surface area contributed by atoms with E-state index in [1.807, 2.05) is 4.90 Å². The van der Waals surface area contributed by atoms with Gasteiger partial charge in [-0.1, -0.05) is 11.6 Å². The van der Waals surface area contributed by atoms with Gasteiger partial charge < -0.3 is 10.2 Å². The molecule has 2 heterocycles. The lowest BCUT2D eigenvalue weighted by Crippen LogP contribution is -2.32. The maximum absolute atomic E-state index is 13.1. The van der Waals surface area contributed by atoms with E-state index in [-0.39, 0.29) is 41.3 Å². The van der Waals surface area contributed by atoms with Crippen LogP contribution in [0.3, 0.4) is 0 Å². The highest BCUT2D eigenvalue weighted by atomic mass is 35.5. The fraction of sp³-hybridized carbons (Fsp3) is 0.389. The van der Waals surface area contributed by atoms with Gasteiger partial charge in [-0.15, -0.1) is 0 Å². The summed E-state index contributed by atoms with van der Waals surface area (Å²) in [6.07, 6.45) is 2.33. The molecule has 6 nitrogen and oxygen atoms in total. The highest BCUT2D eigenvalue weighted by Gasteiger charge is 2.22. The third-order valence-corrected chi connectivity index (χ3v) is 4.73. The van der Waals surface area contributed by atoms with Gasteiger partial charge in [0.25, 0.3) is 5.91 Å². The Morgan fingerprint density at radius 3 is 2.54 bits per heavy atom. The normalized spacial score (nSPS) is 13.9. The van der Waals surface area contributed by atoms with E-state index in [9.17, 15) is 14.0 Å². The van der Waals surface area contributed by atoms with Crippen molar-refractivity contribution in [1.82, 2.24) is 20.0 Å². The minimum atomic E-state index is -0.380. The second kappa shape index (κ2) is 7.86. The zero-order chi connectivity index (χ0) is 18.7. The van der Waals surface area contributed by atoms with Gasteiger partial charge in [0, 0.05) is 26.1 Å². The molecule has 0 radical (unpaired) electrons. The van der Waals surface area contributed by atoms with Crippen LogP contribution in [0.4, 0.5) is 4.39 Å². The molecule has 138 valence electrons. The molecule has 0 aliphatic carbocycles. The van der Waals surface area contributed by atoms with Crippen molar-refractivity contribution in [2.75, 3.05) is 19.6 Å². The van der Waals surface area contributed by atoms with Crippen LogP contribution in [-0.4, -0.2) is 46.1 Å². The minimum Gasteiger partial charge on any atom is -0.351 e. The van der Waals surface area contributed by atoms with Crippen LogP contribution in [0, 0.1) is 12.7 Å². The summed E-state index contributed by atoms with van der Waals surface area (Å²) in [7, 11) is 0. The number of benzene rings is 1. The lowest BCUT2D eigenvalue weighted by molar-refractivity contribution is -0.129. The smallest absolute Gasteiger partial charge is 0.256 e. The van der Waals surface area contributed by atoms with Crippen molar-refractivity contribution in [1.29, 1.82) is 0 Å². The van der Waals surface area contributed by atoms with Gasteiger partial charge in [-0.05, 0) is 44.0 Å². The lowest BCUT2D eigenvalue weighted by atomic mass is 10.2. The standard InChI is InChI=1S/C18H20ClFN4O2/c1-12-16(17(19)24(22-12)14-6-4-13(20)5-7-14)18(26)21-9-8-15(25)23-10-2-3-11-23/h4-7H,2-3,8-11H2,1H3,(H,21,26). The fourth-order valence-corrected chi connectivity index (χ4v) is 3.36. The Bertz CT molecular complexity index is 813. The van der Waals surface area contributed by atoms with Crippen molar-refractivity contribution in [2.45, 2.75) is 26.2 Å². The molecule has 2 amide bonds. The predicted molar refractivity (Wildman–Crippen MR) is 96.0 cm³/mol. The molecular weight excluding hydrogens is 359 g/mol. The molecule has 2 aromatic rings. The number of carbonyl (C=O) groups excluding carboxylic acids is 2. The summed E-state index contributed by atoms with van der Waals surface area (Å²) in [5.74, 6) is -0.697. The summed E-state index contributed by atoms with van der Waals surface area (Å²) >= 11 is 6.31. The third kappa shape index (κ3) is 3.88. The van der Waals surface area contributed by atoms with Gasteiger partial charge in [0.2, 0.25) is 5.91 Å². The topological polar surface area (TPSA) is 67.2 Å². The van der Waals surface area contributed by atoms with Crippen molar-refractivity contribution >= 4 is 23.4 Å². The highest BCUT2D eigenvalue weighted by Crippen LogP contribution is 2.23. The summed E-state index contributed by atoms with van der Waals surface area (Å²) in [6.45, 7) is 3.51. The third-order valence-electron chi connectivity index (χ3n) is 4.39. The molecule has 8 heteroatoms. The van der Waals surface area contributed by atoms with Gasteiger partial charge in [-0.25, -0.2) is 9.07 Å². The van der Waals surface area contributed by atoms with Gasteiger partial charge >= 0.3 is 0 Å². The number of aromatic nitrogens is 2. The van der Waals surface area contributed by atoms with E-state index in [2.05, 4.69) is 10.4 Å². The SMILES string of the molecule is Cc1nn(-c2ccc(F)cc2)c(Cl)c1C(=O)NCCC(=O)N1CCCC1. The molecule has 1 fully saturated rings. The second-order valence-corrected chi connectivity index (χ2v) is 6.59. The van der Waals surface area contributed by atoms with E-state index >= 15 is 0 Å². The fourth-order valence-electron chi connectivity index (χ4n) is 3.01. The number of halogens is 2. The molecule has 1 aromatic carbocycles. The van der Waals surface area contributed by atoms with Gasteiger partial charge in [0.15, 0.2) is 0 Å². The van der Waals surface area contributed by atoms with Crippen LogP contribution >= 0.6 is 11.6 Å². The molecule has 0 unspecified atom stereocenters. The molecular formula is C18H20ClFN4O2. The number of amides is 2. The van der Waals surface area contributed by atoms with Crippen LogP contribution < -0.4 is 5.32 Å². The van der Waals surface area contributed by atoms with Crippen molar-refractivity contribution in [3.63, 3.8) is 0 Å². The van der Waals surface area contributed by atoms with E-state index in [1.54, 1.807) is 6.92 Å². The summed E-state index contributed by atoms with van der Waals surface area (Å²) in [5.41, 5.74) is 1.27. The molecule has 0 bridgehead atoms. The molecule has 3 rings (SSSR count). The molecule has 1 saturated heterocycles. The minimum absolute atomic E-state index is 0.0487.